The van der Waals surface area contributed by atoms with E-state index < -0.39 is 0 Å². The van der Waals surface area contributed by atoms with E-state index in [1.54, 1.807) is 0 Å². The van der Waals surface area contributed by atoms with Gasteiger partial charge in [0, 0.05) is 64.1 Å². The Morgan fingerprint density at radius 3 is 1.86 bits per heavy atom. The Labute approximate surface area is 296 Å². The predicted octanol–water partition coefficient (Wildman–Crippen LogP) is 12.8. The summed E-state index contributed by atoms with van der Waals surface area (Å²) in [6.07, 6.45) is 0. The van der Waals surface area contributed by atoms with E-state index in [9.17, 15) is 0 Å². The van der Waals surface area contributed by atoms with Crippen LogP contribution in [0.15, 0.2) is 168 Å². The third kappa shape index (κ3) is 4.25. The molecule has 7 aromatic carbocycles. The normalized spacial score (nSPS) is 11.9. The second kappa shape index (κ2) is 11.0. The van der Waals surface area contributed by atoms with Crippen molar-refractivity contribution in [3.63, 3.8) is 0 Å². The first-order chi connectivity index (χ1) is 25.3. The Hall–Kier alpha value is -6.56. The molecule has 4 nitrogen and oxygen atoms in total. The molecule has 5 heteroatoms. The van der Waals surface area contributed by atoms with Crippen LogP contribution < -0.4 is 0 Å². The lowest BCUT2D eigenvalue weighted by Crippen LogP contribution is -1.97. The first-order valence-electron chi connectivity index (χ1n) is 17.1. The maximum atomic E-state index is 6.83. The van der Waals surface area contributed by atoms with Gasteiger partial charge in [0.2, 0.25) is 0 Å². The molecule has 0 bridgehead atoms. The van der Waals surface area contributed by atoms with E-state index in [1.165, 1.54) is 36.3 Å². The van der Waals surface area contributed by atoms with Crippen molar-refractivity contribution in [1.29, 1.82) is 0 Å². The molecule has 0 atom stereocenters. The molecule has 0 spiro atoms. The summed E-state index contributed by atoms with van der Waals surface area (Å²) < 4.78 is 11.8. The third-order valence-corrected chi connectivity index (χ3v) is 11.2. The lowest BCUT2D eigenvalue weighted by Gasteiger charge is -2.12. The van der Waals surface area contributed by atoms with Crippen molar-refractivity contribution in [2.45, 2.75) is 0 Å². The van der Waals surface area contributed by atoms with Gasteiger partial charge in [-0.15, -0.1) is 11.3 Å². The van der Waals surface area contributed by atoms with Crippen LogP contribution in [-0.2, 0) is 0 Å². The zero-order valence-corrected chi connectivity index (χ0v) is 28.1. The molecule has 0 saturated carbocycles. The second-order valence-corrected chi connectivity index (χ2v) is 14.0. The third-order valence-electron chi connectivity index (χ3n) is 10.0. The van der Waals surface area contributed by atoms with Gasteiger partial charge >= 0.3 is 0 Å². The lowest BCUT2D eigenvalue weighted by molar-refractivity contribution is 0.671. The summed E-state index contributed by atoms with van der Waals surface area (Å²) in [6.45, 7) is 0. The number of para-hydroxylation sites is 2. The van der Waals surface area contributed by atoms with Crippen LogP contribution in [0.4, 0.5) is 0 Å². The van der Waals surface area contributed by atoms with Crippen molar-refractivity contribution in [3.05, 3.63) is 164 Å². The van der Waals surface area contributed by atoms with Crippen LogP contribution in [0.1, 0.15) is 0 Å². The molecule has 4 heterocycles. The van der Waals surface area contributed by atoms with E-state index in [-0.39, 0.29) is 0 Å². The molecule has 0 unspecified atom stereocenters. The summed E-state index contributed by atoms with van der Waals surface area (Å²) in [5.74, 6) is 0.706. The van der Waals surface area contributed by atoms with Crippen LogP contribution in [0.2, 0.25) is 0 Å². The van der Waals surface area contributed by atoms with Crippen LogP contribution in [0.25, 0.3) is 104 Å². The molecule has 0 aliphatic carbocycles. The molecule has 0 saturated heterocycles. The molecule has 0 fully saturated rings. The average Bonchev–Trinajstić information content (AvgIpc) is 3.88. The number of hydrogen-bond donors (Lipinski definition) is 0. The van der Waals surface area contributed by atoms with Gasteiger partial charge in [0.1, 0.15) is 5.58 Å². The highest BCUT2D eigenvalue weighted by Gasteiger charge is 2.25. The van der Waals surface area contributed by atoms with E-state index in [1.807, 2.05) is 47.7 Å². The fourth-order valence-corrected chi connectivity index (χ4v) is 9.00. The van der Waals surface area contributed by atoms with E-state index in [0.29, 0.717) is 5.82 Å². The van der Waals surface area contributed by atoms with Crippen LogP contribution >= 0.6 is 11.3 Å². The topological polar surface area (TPSA) is 43.9 Å². The number of hydrogen-bond acceptors (Lipinski definition) is 4. The predicted molar refractivity (Wildman–Crippen MR) is 213 cm³/mol. The molecule has 0 radical (unpaired) electrons. The highest BCUT2D eigenvalue weighted by molar-refractivity contribution is 7.27. The van der Waals surface area contributed by atoms with E-state index >= 15 is 0 Å². The minimum absolute atomic E-state index is 0.706. The molecule has 0 aliphatic rings. The number of fused-ring (bicyclic) bond motifs is 12. The van der Waals surface area contributed by atoms with Crippen LogP contribution in [-0.4, -0.2) is 14.5 Å². The Kier molecular flexibility index (Phi) is 6.09. The minimum Gasteiger partial charge on any atom is -0.454 e. The fourth-order valence-electron chi connectivity index (χ4n) is 7.73. The number of benzene rings is 7. The van der Waals surface area contributed by atoms with Crippen molar-refractivity contribution in [3.8, 4) is 39.6 Å². The Balaban J connectivity index is 1.18. The Bertz CT molecular complexity index is 3060. The van der Waals surface area contributed by atoms with Gasteiger partial charge in [-0.25, -0.2) is 9.97 Å². The fraction of sp³-hybridized carbons (Fsp3) is 0. The summed E-state index contributed by atoms with van der Waals surface area (Å²) in [5.41, 5.74) is 9.95. The summed E-state index contributed by atoms with van der Waals surface area (Å²) >= 11 is 1.86. The maximum absolute atomic E-state index is 6.83. The van der Waals surface area contributed by atoms with E-state index in [2.05, 4.69) is 132 Å². The number of rotatable bonds is 4. The number of thiophene rings is 1. The Morgan fingerprint density at radius 1 is 0.490 bits per heavy atom. The zero-order chi connectivity index (χ0) is 33.5. The highest BCUT2D eigenvalue weighted by Crippen LogP contribution is 2.50. The summed E-state index contributed by atoms with van der Waals surface area (Å²) in [7, 11) is 0. The minimum atomic E-state index is 0.706. The van der Waals surface area contributed by atoms with Crippen molar-refractivity contribution in [1.82, 2.24) is 14.5 Å². The van der Waals surface area contributed by atoms with Crippen molar-refractivity contribution >= 4 is 75.3 Å². The smallest absolute Gasteiger partial charge is 0.161 e. The van der Waals surface area contributed by atoms with E-state index in [0.717, 1.165) is 61.4 Å². The Morgan fingerprint density at radius 2 is 1.10 bits per heavy atom. The quantitative estimate of drug-likeness (QED) is 0.187. The van der Waals surface area contributed by atoms with Crippen molar-refractivity contribution in [2.75, 3.05) is 0 Å². The van der Waals surface area contributed by atoms with Gasteiger partial charge < -0.3 is 8.98 Å². The first-order valence-corrected chi connectivity index (χ1v) is 17.9. The summed E-state index contributed by atoms with van der Waals surface area (Å²) in [5, 5.41) is 7.33. The van der Waals surface area contributed by atoms with Crippen LogP contribution in [0, 0.1) is 0 Å². The van der Waals surface area contributed by atoms with Gasteiger partial charge in [-0.3, -0.25) is 0 Å². The first kappa shape index (κ1) is 28.3. The van der Waals surface area contributed by atoms with Gasteiger partial charge in [-0.1, -0.05) is 127 Å². The van der Waals surface area contributed by atoms with Gasteiger partial charge in [0.05, 0.1) is 22.4 Å². The lowest BCUT2D eigenvalue weighted by atomic mass is 10.0. The highest BCUT2D eigenvalue weighted by atomic mass is 32.1. The molecule has 11 aromatic rings. The van der Waals surface area contributed by atoms with E-state index in [4.69, 9.17) is 14.4 Å². The molecular weight excluding hydrogens is 643 g/mol. The number of nitrogens with zero attached hydrogens (tertiary/aromatic N) is 3. The zero-order valence-electron chi connectivity index (χ0n) is 27.2. The summed E-state index contributed by atoms with van der Waals surface area (Å²) in [4.78, 5) is 10.1. The van der Waals surface area contributed by atoms with Gasteiger partial charge in [0.25, 0.3) is 0 Å². The molecule has 51 heavy (non-hydrogen) atoms. The number of furan rings is 1. The largest absolute Gasteiger partial charge is 0.454 e. The molecule has 4 aromatic heterocycles. The van der Waals surface area contributed by atoms with Gasteiger partial charge in [0.15, 0.2) is 11.4 Å². The monoisotopic (exact) mass is 669 g/mol. The van der Waals surface area contributed by atoms with Crippen LogP contribution in [0.5, 0.6) is 0 Å². The molecule has 0 amide bonds. The molecule has 0 N–H and O–H groups in total. The maximum Gasteiger partial charge on any atom is 0.161 e. The van der Waals surface area contributed by atoms with Crippen LogP contribution in [0.3, 0.4) is 0 Å². The molecule has 11 rings (SSSR count). The second-order valence-electron chi connectivity index (χ2n) is 12.9. The van der Waals surface area contributed by atoms with Gasteiger partial charge in [-0.2, -0.15) is 0 Å². The summed E-state index contributed by atoms with van der Waals surface area (Å²) in [6, 6.07) is 57.3. The molecule has 0 aliphatic heterocycles. The van der Waals surface area contributed by atoms with Crippen molar-refractivity contribution < 1.29 is 4.42 Å². The number of aromatic nitrogens is 3. The van der Waals surface area contributed by atoms with Gasteiger partial charge in [-0.05, 0) is 36.4 Å². The standard InChI is InChI=1S/C46H27N3OS/c1-3-13-28(14-4-1)35-27-36(48-46(47-35)30-15-5-2-6-16-30)29-23-25-31(26-24-29)49-37-20-10-7-17-32(37)40-41-34-19-9-12-22-39(34)51-45(41)42-33-18-8-11-21-38(33)50-44(42)43(40)49/h1-27H. The SMILES string of the molecule is c1ccc(-c2cc(-c3ccc(-n4c5ccccc5c5c6c7ccccc7sc6c6c7ccccc7oc6c54)cc3)nc(-c3ccccc3)n2)cc1. The average molecular weight is 670 g/mol. The molecular formula is C46H27N3OS. The van der Waals surface area contributed by atoms with Crippen molar-refractivity contribution in [2.24, 2.45) is 0 Å². The molecule has 238 valence electrons.